The Morgan fingerprint density at radius 2 is 1.87 bits per heavy atom. The number of hydrogen-bond donors (Lipinski definition) is 3. The van der Waals surface area contributed by atoms with Crippen molar-refractivity contribution in [3.8, 4) is 0 Å². The maximum atomic E-state index is 12.2. The van der Waals surface area contributed by atoms with Gasteiger partial charge in [-0.2, -0.15) is 0 Å². The number of nitrogens with one attached hydrogen (secondary N) is 2. The van der Waals surface area contributed by atoms with E-state index in [1.54, 1.807) is 20.8 Å². The SMILES string of the molecule is CC(C)(C)OC(=O)N[C@H](CC1CCCCC1)C(=O)NOCCO. The third-order valence-corrected chi connectivity index (χ3v) is 3.67. The lowest BCUT2D eigenvalue weighted by Crippen LogP contribution is -2.49. The van der Waals surface area contributed by atoms with Crippen molar-refractivity contribution in [2.24, 2.45) is 5.92 Å². The van der Waals surface area contributed by atoms with Crippen molar-refractivity contribution in [2.75, 3.05) is 13.2 Å². The molecular weight excluding hydrogens is 300 g/mol. The first-order valence-electron chi connectivity index (χ1n) is 8.34. The number of aliphatic hydroxyl groups is 1. The number of aliphatic hydroxyl groups excluding tert-OH is 1. The van der Waals surface area contributed by atoms with Gasteiger partial charge in [-0.1, -0.05) is 32.1 Å². The van der Waals surface area contributed by atoms with Crippen LogP contribution in [0.15, 0.2) is 0 Å². The van der Waals surface area contributed by atoms with Gasteiger partial charge in [0.2, 0.25) is 0 Å². The number of hydroxylamine groups is 1. The molecular formula is C16H30N2O5. The Hall–Kier alpha value is -1.34. The minimum Gasteiger partial charge on any atom is -0.444 e. The average molecular weight is 330 g/mol. The van der Waals surface area contributed by atoms with Gasteiger partial charge in [0, 0.05) is 0 Å². The van der Waals surface area contributed by atoms with Crippen molar-refractivity contribution in [1.29, 1.82) is 0 Å². The summed E-state index contributed by atoms with van der Waals surface area (Å²) in [4.78, 5) is 29.0. The highest BCUT2D eigenvalue weighted by molar-refractivity contribution is 5.84. The number of carbonyl (C=O) groups excluding carboxylic acids is 2. The average Bonchev–Trinajstić information content (AvgIpc) is 2.46. The van der Waals surface area contributed by atoms with Crippen molar-refractivity contribution in [2.45, 2.75) is 70.9 Å². The van der Waals surface area contributed by atoms with E-state index >= 15 is 0 Å². The first kappa shape index (κ1) is 19.7. The van der Waals surface area contributed by atoms with Crippen LogP contribution in [0, 0.1) is 5.92 Å². The molecule has 0 aromatic carbocycles. The second-order valence-corrected chi connectivity index (χ2v) is 6.98. The zero-order valence-corrected chi connectivity index (χ0v) is 14.4. The number of amides is 2. The Labute approximate surface area is 138 Å². The van der Waals surface area contributed by atoms with Gasteiger partial charge in [0.15, 0.2) is 0 Å². The van der Waals surface area contributed by atoms with Crippen LogP contribution < -0.4 is 10.8 Å². The van der Waals surface area contributed by atoms with Gasteiger partial charge in [0.1, 0.15) is 11.6 Å². The third-order valence-electron chi connectivity index (χ3n) is 3.67. The van der Waals surface area contributed by atoms with Gasteiger partial charge < -0.3 is 15.2 Å². The summed E-state index contributed by atoms with van der Waals surface area (Å²) < 4.78 is 5.22. The molecule has 1 saturated carbocycles. The van der Waals surface area contributed by atoms with Gasteiger partial charge >= 0.3 is 6.09 Å². The molecule has 0 saturated heterocycles. The molecule has 1 fully saturated rings. The van der Waals surface area contributed by atoms with Crippen molar-refractivity contribution >= 4 is 12.0 Å². The maximum absolute atomic E-state index is 12.2. The van der Waals surface area contributed by atoms with Crippen molar-refractivity contribution in [3.05, 3.63) is 0 Å². The van der Waals surface area contributed by atoms with Crippen molar-refractivity contribution in [1.82, 2.24) is 10.8 Å². The molecule has 1 atom stereocenters. The summed E-state index contributed by atoms with van der Waals surface area (Å²) >= 11 is 0. The summed E-state index contributed by atoms with van der Waals surface area (Å²) in [6.45, 7) is 5.13. The number of rotatable bonds is 7. The summed E-state index contributed by atoms with van der Waals surface area (Å²) in [5.74, 6) is -0.0119. The lowest BCUT2D eigenvalue weighted by molar-refractivity contribution is -0.137. The van der Waals surface area contributed by atoms with E-state index in [-0.39, 0.29) is 13.2 Å². The lowest BCUT2D eigenvalue weighted by atomic mass is 9.84. The van der Waals surface area contributed by atoms with E-state index < -0.39 is 23.6 Å². The number of carbonyl (C=O) groups is 2. The minimum atomic E-state index is -0.702. The molecule has 1 aliphatic carbocycles. The van der Waals surface area contributed by atoms with Gasteiger partial charge in [-0.05, 0) is 33.1 Å². The van der Waals surface area contributed by atoms with Crippen LogP contribution in [0.25, 0.3) is 0 Å². The highest BCUT2D eigenvalue weighted by Crippen LogP contribution is 2.27. The normalized spacial score (nSPS) is 17.4. The summed E-state index contributed by atoms with van der Waals surface area (Å²) in [7, 11) is 0. The van der Waals surface area contributed by atoms with Gasteiger partial charge in [-0.3, -0.25) is 9.63 Å². The molecule has 0 spiro atoms. The summed E-state index contributed by atoms with van der Waals surface area (Å²) in [5, 5.41) is 11.3. The molecule has 0 unspecified atom stereocenters. The van der Waals surface area contributed by atoms with Crippen LogP contribution in [0.2, 0.25) is 0 Å². The molecule has 134 valence electrons. The highest BCUT2D eigenvalue weighted by atomic mass is 16.7. The van der Waals surface area contributed by atoms with Gasteiger partial charge in [-0.15, -0.1) is 0 Å². The lowest BCUT2D eigenvalue weighted by Gasteiger charge is -2.27. The van der Waals surface area contributed by atoms with Crippen LogP contribution in [-0.4, -0.2) is 42.0 Å². The van der Waals surface area contributed by atoms with Crippen LogP contribution in [0.1, 0.15) is 59.3 Å². The van der Waals surface area contributed by atoms with Crippen LogP contribution in [0.3, 0.4) is 0 Å². The Morgan fingerprint density at radius 3 is 2.43 bits per heavy atom. The van der Waals surface area contributed by atoms with E-state index in [1.807, 2.05) is 0 Å². The fourth-order valence-electron chi connectivity index (χ4n) is 2.68. The topological polar surface area (TPSA) is 96.9 Å². The highest BCUT2D eigenvalue weighted by Gasteiger charge is 2.28. The summed E-state index contributed by atoms with van der Waals surface area (Å²) in [6, 6.07) is -0.702. The molecule has 0 heterocycles. The Kier molecular flexibility index (Phi) is 8.33. The van der Waals surface area contributed by atoms with Crippen LogP contribution in [-0.2, 0) is 14.4 Å². The van der Waals surface area contributed by atoms with Crippen LogP contribution >= 0.6 is 0 Å². The fraction of sp³-hybridized carbons (Fsp3) is 0.875. The van der Waals surface area contributed by atoms with Gasteiger partial charge in [-0.25, -0.2) is 10.3 Å². The summed E-state index contributed by atoms with van der Waals surface area (Å²) in [6.07, 6.45) is 5.63. The van der Waals surface area contributed by atoms with E-state index in [0.29, 0.717) is 12.3 Å². The van der Waals surface area contributed by atoms with Crippen LogP contribution in [0.5, 0.6) is 0 Å². The Bertz CT molecular complexity index is 375. The van der Waals surface area contributed by atoms with E-state index in [0.717, 1.165) is 25.7 Å². The zero-order valence-electron chi connectivity index (χ0n) is 14.4. The largest absolute Gasteiger partial charge is 0.444 e. The molecule has 1 rings (SSSR count). The predicted molar refractivity (Wildman–Crippen MR) is 85.5 cm³/mol. The minimum absolute atomic E-state index is 0.00826. The molecule has 7 nitrogen and oxygen atoms in total. The standard InChI is InChI=1S/C16H30N2O5/c1-16(2,3)23-15(21)17-13(14(20)18-22-10-9-19)11-12-7-5-4-6-8-12/h12-13,19H,4-11H2,1-3H3,(H,17,21)(H,18,20)/t13-/m1/s1. The van der Waals surface area contributed by atoms with E-state index in [9.17, 15) is 9.59 Å². The Balaban J connectivity index is 2.58. The van der Waals surface area contributed by atoms with Gasteiger partial charge in [0.25, 0.3) is 5.91 Å². The molecule has 2 amide bonds. The van der Waals surface area contributed by atoms with Crippen molar-refractivity contribution < 1.29 is 24.3 Å². The van der Waals surface area contributed by atoms with E-state index in [1.165, 1.54) is 6.42 Å². The van der Waals surface area contributed by atoms with Crippen molar-refractivity contribution in [3.63, 3.8) is 0 Å². The third kappa shape index (κ3) is 8.76. The smallest absolute Gasteiger partial charge is 0.408 e. The Morgan fingerprint density at radius 1 is 1.22 bits per heavy atom. The van der Waals surface area contributed by atoms with Crippen LogP contribution in [0.4, 0.5) is 4.79 Å². The fourth-order valence-corrected chi connectivity index (χ4v) is 2.68. The number of hydrogen-bond acceptors (Lipinski definition) is 5. The monoisotopic (exact) mass is 330 g/mol. The molecule has 7 heteroatoms. The summed E-state index contributed by atoms with van der Waals surface area (Å²) in [5.41, 5.74) is 1.65. The molecule has 0 bridgehead atoms. The zero-order chi connectivity index (χ0) is 17.3. The molecule has 23 heavy (non-hydrogen) atoms. The molecule has 3 N–H and O–H groups in total. The second-order valence-electron chi connectivity index (χ2n) is 6.98. The maximum Gasteiger partial charge on any atom is 0.408 e. The molecule has 0 aromatic heterocycles. The number of alkyl carbamates (subject to hydrolysis) is 1. The molecule has 0 radical (unpaired) electrons. The molecule has 0 aliphatic heterocycles. The quantitative estimate of drug-likeness (QED) is 0.489. The molecule has 0 aromatic rings. The number of ether oxygens (including phenoxy) is 1. The first-order chi connectivity index (χ1) is 10.8. The second kappa shape index (κ2) is 9.72. The van der Waals surface area contributed by atoms with Gasteiger partial charge in [0.05, 0.1) is 13.2 Å². The molecule has 1 aliphatic rings. The van der Waals surface area contributed by atoms with E-state index in [2.05, 4.69) is 10.8 Å². The van der Waals surface area contributed by atoms with E-state index in [4.69, 9.17) is 14.7 Å². The predicted octanol–water partition coefficient (Wildman–Crippen LogP) is 1.89. The first-order valence-corrected chi connectivity index (χ1v) is 8.34.